The van der Waals surface area contributed by atoms with E-state index in [-0.39, 0.29) is 11.9 Å². The Morgan fingerprint density at radius 1 is 1.10 bits per heavy atom. The van der Waals surface area contributed by atoms with Crippen LogP contribution in [0.2, 0.25) is 0 Å². The Morgan fingerprint density at radius 2 is 1.77 bits per heavy atom. The third-order valence-electron chi connectivity index (χ3n) is 6.47. The molecule has 0 fully saturated rings. The van der Waals surface area contributed by atoms with Gasteiger partial charge in [0.2, 0.25) is 0 Å². The second kappa shape index (κ2) is 11.1. The maximum Gasteiger partial charge on any atom is 0.337 e. The molecule has 0 aliphatic rings. The lowest BCUT2D eigenvalue weighted by atomic mass is 9.69. The molecule has 2 rings (SSSR count). The van der Waals surface area contributed by atoms with Gasteiger partial charge in [0.1, 0.15) is 0 Å². The molecule has 0 amide bonds. The minimum atomic E-state index is -0.566. The molecule has 4 nitrogen and oxygen atoms in total. The van der Waals surface area contributed by atoms with Crippen molar-refractivity contribution in [2.45, 2.75) is 52.4 Å². The number of nitriles is 1. The molecule has 0 saturated carbocycles. The van der Waals surface area contributed by atoms with E-state index in [4.69, 9.17) is 4.74 Å². The van der Waals surface area contributed by atoms with E-state index in [2.05, 4.69) is 63.9 Å². The molecule has 0 aromatic heterocycles. The summed E-state index contributed by atoms with van der Waals surface area (Å²) >= 11 is 0. The number of methoxy groups -OCH3 is 1. The van der Waals surface area contributed by atoms with Crippen LogP contribution in [0.1, 0.15) is 59.3 Å². The first-order valence-corrected chi connectivity index (χ1v) is 11.1. The molecule has 1 atom stereocenters. The molecule has 0 spiro atoms. The van der Waals surface area contributed by atoms with Gasteiger partial charge in [-0.15, -0.1) is 0 Å². The highest BCUT2D eigenvalue weighted by Crippen LogP contribution is 2.36. The number of likely N-dealkylation sites (N-methyl/N-ethyl adjacent to an activating group) is 1. The molecule has 2 aromatic rings. The fraction of sp³-hybridized carbons (Fsp3) is 0.481. The van der Waals surface area contributed by atoms with Gasteiger partial charge in [-0.3, -0.25) is 0 Å². The first kappa shape index (κ1) is 24.6. The molecule has 166 valence electrons. The molecule has 0 aliphatic heterocycles. The molecule has 1 unspecified atom stereocenters. The summed E-state index contributed by atoms with van der Waals surface area (Å²) in [5, 5.41) is 10.1. The van der Waals surface area contributed by atoms with Crippen molar-refractivity contribution in [3.05, 3.63) is 70.3 Å². The predicted molar refractivity (Wildman–Crippen MR) is 126 cm³/mol. The van der Waals surface area contributed by atoms with Crippen LogP contribution in [0.5, 0.6) is 0 Å². The van der Waals surface area contributed by atoms with Crippen molar-refractivity contribution >= 4 is 5.97 Å². The quantitative estimate of drug-likeness (QED) is 0.479. The van der Waals surface area contributed by atoms with Gasteiger partial charge >= 0.3 is 5.97 Å². The molecule has 4 heteroatoms. The Bertz CT molecular complexity index is 912. The molecule has 0 N–H and O–H groups in total. The zero-order chi connectivity index (χ0) is 23.0. The number of esters is 1. The first-order valence-electron chi connectivity index (χ1n) is 11.1. The van der Waals surface area contributed by atoms with Crippen molar-refractivity contribution in [1.82, 2.24) is 4.90 Å². The summed E-state index contributed by atoms with van der Waals surface area (Å²) in [4.78, 5) is 14.1. The van der Waals surface area contributed by atoms with Crippen LogP contribution in [0, 0.1) is 31.1 Å². The molecular formula is C27H36N2O2. The molecule has 0 bridgehead atoms. The molecule has 2 aromatic carbocycles. The SMILES string of the molecule is COC(=O)c1ccc(C(C#N)(CCCN(C)CCc2ccc(C)c(C)c2)C(C)C)cc1. The van der Waals surface area contributed by atoms with Gasteiger partial charge in [0.05, 0.1) is 24.2 Å². The van der Waals surface area contributed by atoms with Gasteiger partial charge in [0, 0.05) is 6.54 Å². The Hall–Kier alpha value is -2.64. The van der Waals surface area contributed by atoms with Gasteiger partial charge in [-0.1, -0.05) is 44.2 Å². The van der Waals surface area contributed by atoms with Gasteiger partial charge in [0.25, 0.3) is 0 Å². The van der Waals surface area contributed by atoms with Gasteiger partial charge in [0.15, 0.2) is 0 Å². The smallest absolute Gasteiger partial charge is 0.337 e. The number of hydrogen-bond donors (Lipinski definition) is 0. The molecule has 0 radical (unpaired) electrons. The topological polar surface area (TPSA) is 53.3 Å². The summed E-state index contributed by atoms with van der Waals surface area (Å²) < 4.78 is 4.78. The second-order valence-corrected chi connectivity index (χ2v) is 8.88. The highest BCUT2D eigenvalue weighted by molar-refractivity contribution is 5.89. The van der Waals surface area contributed by atoms with E-state index >= 15 is 0 Å². The van der Waals surface area contributed by atoms with Crippen LogP contribution in [0.4, 0.5) is 0 Å². The highest BCUT2D eigenvalue weighted by atomic mass is 16.5. The third-order valence-corrected chi connectivity index (χ3v) is 6.47. The minimum Gasteiger partial charge on any atom is -0.465 e. The van der Waals surface area contributed by atoms with E-state index in [1.54, 1.807) is 12.1 Å². The lowest BCUT2D eigenvalue weighted by Crippen LogP contribution is -2.32. The van der Waals surface area contributed by atoms with E-state index < -0.39 is 5.41 Å². The summed E-state index contributed by atoms with van der Waals surface area (Å²) in [6, 6.07) is 16.6. The molecule has 0 saturated heterocycles. The Kier molecular flexibility index (Phi) is 8.83. The van der Waals surface area contributed by atoms with Crippen molar-refractivity contribution in [3.8, 4) is 6.07 Å². The number of carbonyl (C=O) groups is 1. The summed E-state index contributed by atoms with van der Waals surface area (Å²) in [6.07, 6.45) is 2.75. The van der Waals surface area contributed by atoms with Gasteiger partial charge in [-0.05, 0) is 87.0 Å². The zero-order valence-electron chi connectivity index (χ0n) is 19.9. The van der Waals surface area contributed by atoms with Crippen molar-refractivity contribution < 1.29 is 9.53 Å². The van der Waals surface area contributed by atoms with E-state index in [0.717, 1.165) is 37.9 Å². The van der Waals surface area contributed by atoms with E-state index in [1.807, 2.05) is 12.1 Å². The molecule has 0 aliphatic carbocycles. The summed E-state index contributed by atoms with van der Waals surface area (Å²) in [5.41, 5.74) is 4.95. The summed E-state index contributed by atoms with van der Waals surface area (Å²) in [6.45, 7) is 10.4. The van der Waals surface area contributed by atoms with Crippen molar-refractivity contribution in [2.75, 3.05) is 27.2 Å². The van der Waals surface area contributed by atoms with Crippen LogP contribution in [0.25, 0.3) is 0 Å². The van der Waals surface area contributed by atoms with Crippen molar-refractivity contribution in [2.24, 2.45) is 5.92 Å². The minimum absolute atomic E-state index is 0.169. The average Bonchev–Trinajstić information content (AvgIpc) is 2.77. The highest BCUT2D eigenvalue weighted by Gasteiger charge is 2.35. The molecule has 0 heterocycles. The van der Waals surface area contributed by atoms with Crippen LogP contribution in [-0.4, -0.2) is 38.1 Å². The van der Waals surface area contributed by atoms with Gasteiger partial charge in [-0.2, -0.15) is 5.26 Å². The number of rotatable bonds is 10. The molecular weight excluding hydrogens is 384 g/mol. The number of aryl methyl sites for hydroxylation is 2. The zero-order valence-corrected chi connectivity index (χ0v) is 19.9. The van der Waals surface area contributed by atoms with Gasteiger partial charge < -0.3 is 9.64 Å². The fourth-order valence-electron chi connectivity index (χ4n) is 4.06. The standard InChI is InChI=1S/C27H36N2O2/c1-20(2)27(19-28,25-12-10-24(11-13-25)26(30)31-6)15-7-16-29(5)17-14-23-9-8-21(3)22(4)18-23/h8-13,18,20H,7,14-17H2,1-6H3. The van der Waals surface area contributed by atoms with Gasteiger partial charge in [-0.25, -0.2) is 4.79 Å². The largest absolute Gasteiger partial charge is 0.465 e. The average molecular weight is 421 g/mol. The fourth-order valence-corrected chi connectivity index (χ4v) is 4.06. The normalized spacial score (nSPS) is 13.1. The van der Waals surface area contributed by atoms with Crippen LogP contribution in [-0.2, 0) is 16.6 Å². The van der Waals surface area contributed by atoms with E-state index in [0.29, 0.717) is 5.56 Å². The Morgan fingerprint density at radius 3 is 2.32 bits per heavy atom. The molecule has 31 heavy (non-hydrogen) atoms. The van der Waals surface area contributed by atoms with Crippen LogP contribution < -0.4 is 0 Å². The second-order valence-electron chi connectivity index (χ2n) is 8.88. The van der Waals surface area contributed by atoms with E-state index in [1.165, 1.54) is 23.8 Å². The number of hydrogen-bond acceptors (Lipinski definition) is 4. The number of carbonyl (C=O) groups excluding carboxylic acids is 1. The summed E-state index contributed by atoms with van der Waals surface area (Å²) in [7, 11) is 3.52. The van der Waals surface area contributed by atoms with Crippen LogP contribution in [0.15, 0.2) is 42.5 Å². The van der Waals surface area contributed by atoms with Crippen molar-refractivity contribution in [1.29, 1.82) is 5.26 Å². The maximum atomic E-state index is 11.7. The van der Waals surface area contributed by atoms with Crippen LogP contribution >= 0.6 is 0 Å². The number of ether oxygens (including phenoxy) is 1. The lowest BCUT2D eigenvalue weighted by molar-refractivity contribution is 0.0600. The Labute approximate surface area is 187 Å². The monoisotopic (exact) mass is 420 g/mol. The van der Waals surface area contributed by atoms with Crippen LogP contribution in [0.3, 0.4) is 0 Å². The maximum absolute atomic E-state index is 11.7. The van der Waals surface area contributed by atoms with Crippen molar-refractivity contribution in [3.63, 3.8) is 0 Å². The summed E-state index contributed by atoms with van der Waals surface area (Å²) in [5.74, 6) is -0.189. The first-order chi connectivity index (χ1) is 14.7. The number of benzene rings is 2. The lowest BCUT2D eigenvalue weighted by Gasteiger charge is -2.32. The predicted octanol–water partition coefficient (Wildman–Crippen LogP) is 5.46. The number of nitrogens with zero attached hydrogens (tertiary/aromatic N) is 2. The van der Waals surface area contributed by atoms with E-state index in [9.17, 15) is 10.1 Å². The Balaban J connectivity index is 1.99. The third kappa shape index (κ3) is 6.18.